The van der Waals surface area contributed by atoms with E-state index in [1.807, 2.05) is 24.3 Å². The Morgan fingerprint density at radius 1 is 1.16 bits per heavy atom. The third-order valence-electron chi connectivity index (χ3n) is 4.71. The third-order valence-corrected chi connectivity index (χ3v) is 5.62. The minimum Gasteiger partial charge on any atom is -0.497 e. The molecule has 1 unspecified atom stereocenters. The van der Waals surface area contributed by atoms with Crippen molar-refractivity contribution in [1.82, 2.24) is 9.55 Å². The lowest BCUT2D eigenvalue weighted by Crippen LogP contribution is -2.13. The molecule has 5 heteroatoms. The Morgan fingerprint density at radius 3 is 2.76 bits per heavy atom. The van der Waals surface area contributed by atoms with Crippen molar-refractivity contribution in [3.63, 3.8) is 0 Å². The first-order chi connectivity index (χ1) is 12.1. The highest BCUT2D eigenvalue weighted by atomic mass is 32.2. The molecule has 4 nitrogen and oxygen atoms in total. The lowest BCUT2D eigenvalue weighted by Gasteiger charge is -2.21. The van der Waals surface area contributed by atoms with Gasteiger partial charge in [-0.3, -0.25) is 8.78 Å². The summed E-state index contributed by atoms with van der Waals surface area (Å²) in [6, 6.07) is 14.2. The molecule has 2 heterocycles. The van der Waals surface area contributed by atoms with Crippen LogP contribution in [0.15, 0.2) is 47.4 Å². The smallest absolute Gasteiger partial charge is 0.119 e. The number of aromatic nitrogens is 2. The summed E-state index contributed by atoms with van der Waals surface area (Å²) >= 11 is 0. The molecule has 0 radical (unpaired) electrons. The van der Waals surface area contributed by atoms with Gasteiger partial charge >= 0.3 is 0 Å². The molecule has 1 aromatic heterocycles. The lowest BCUT2D eigenvalue weighted by molar-refractivity contribution is 0.415. The summed E-state index contributed by atoms with van der Waals surface area (Å²) in [5.41, 5.74) is 5.56. The van der Waals surface area contributed by atoms with Crippen molar-refractivity contribution in [2.24, 2.45) is 0 Å². The molecule has 0 aliphatic carbocycles. The normalized spacial score (nSPS) is 13.9. The fourth-order valence-corrected chi connectivity index (χ4v) is 4.10. The minimum absolute atomic E-state index is 0.834. The molecule has 0 bridgehead atoms. The van der Waals surface area contributed by atoms with Crippen molar-refractivity contribution in [2.45, 2.75) is 24.7 Å². The van der Waals surface area contributed by atoms with Crippen molar-refractivity contribution in [2.75, 3.05) is 13.4 Å². The fourth-order valence-electron chi connectivity index (χ4n) is 3.53. The molecule has 0 spiro atoms. The van der Waals surface area contributed by atoms with Crippen molar-refractivity contribution in [3.05, 3.63) is 59.5 Å². The van der Waals surface area contributed by atoms with Gasteiger partial charge in [0.2, 0.25) is 0 Å². The number of methoxy groups -OCH3 is 1. The van der Waals surface area contributed by atoms with E-state index in [4.69, 9.17) is 9.72 Å². The van der Waals surface area contributed by atoms with Crippen molar-refractivity contribution >= 4 is 10.8 Å². The van der Waals surface area contributed by atoms with Crippen LogP contribution in [-0.2, 0) is 23.6 Å². The summed E-state index contributed by atoms with van der Waals surface area (Å²) < 4.78 is 19.4. The monoisotopic (exact) mass is 352 g/mol. The molecule has 0 saturated carbocycles. The first kappa shape index (κ1) is 16.1. The maximum Gasteiger partial charge on any atom is 0.119 e. The van der Waals surface area contributed by atoms with Gasteiger partial charge in [-0.05, 0) is 49.2 Å². The van der Waals surface area contributed by atoms with Gasteiger partial charge in [-0.15, -0.1) is 0 Å². The zero-order valence-electron chi connectivity index (χ0n) is 14.6. The molecule has 1 aliphatic heterocycles. The molecule has 1 atom stereocenters. The molecule has 4 rings (SSSR count). The Bertz CT molecular complexity index is 991. The summed E-state index contributed by atoms with van der Waals surface area (Å²) in [6.45, 7) is 2.05. The van der Waals surface area contributed by atoms with Crippen LogP contribution in [-0.4, -0.2) is 27.1 Å². The number of ether oxygens (including phenoxy) is 1. The van der Waals surface area contributed by atoms with Crippen LogP contribution in [0.25, 0.3) is 16.9 Å². The summed E-state index contributed by atoms with van der Waals surface area (Å²) in [4.78, 5) is 5.68. The lowest BCUT2D eigenvalue weighted by atomic mass is 10.0. The van der Waals surface area contributed by atoms with Crippen LogP contribution < -0.4 is 4.74 Å². The number of hydrogen-bond donors (Lipinski definition) is 0. The van der Waals surface area contributed by atoms with Gasteiger partial charge in [0.1, 0.15) is 11.6 Å². The average molecular weight is 352 g/mol. The second-order valence-electron chi connectivity index (χ2n) is 6.27. The standard InChI is InChI=1S/C20H20N2O2S/c1-13-20(15-5-4-6-16(11-15)24-2)22-18-9-8-17(25(3)23)12-14(18)7-10-19(22)21-13/h4-6,8-9,11-12H,7,10H2,1-3H3. The van der Waals surface area contributed by atoms with Crippen molar-refractivity contribution < 1.29 is 8.95 Å². The van der Waals surface area contributed by atoms with Crippen LogP contribution in [0, 0.1) is 6.92 Å². The first-order valence-electron chi connectivity index (χ1n) is 8.28. The number of aryl methyl sites for hydroxylation is 3. The highest BCUT2D eigenvalue weighted by Crippen LogP contribution is 2.35. The molecule has 3 aromatic rings. The number of fused-ring (bicyclic) bond motifs is 3. The van der Waals surface area contributed by atoms with Gasteiger partial charge in [0, 0.05) is 33.9 Å². The van der Waals surface area contributed by atoms with Crippen molar-refractivity contribution in [1.29, 1.82) is 0 Å². The van der Waals surface area contributed by atoms with E-state index in [9.17, 15) is 4.21 Å². The molecule has 0 N–H and O–H groups in total. The first-order valence-corrected chi connectivity index (χ1v) is 9.83. The van der Waals surface area contributed by atoms with Gasteiger partial charge in [-0.2, -0.15) is 0 Å². The van der Waals surface area contributed by atoms with Gasteiger partial charge in [0.05, 0.1) is 24.2 Å². The quantitative estimate of drug-likeness (QED) is 0.722. The zero-order valence-corrected chi connectivity index (χ0v) is 15.4. The summed E-state index contributed by atoms with van der Waals surface area (Å²) in [6.07, 6.45) is 3.53. The third kappa shape index (κ3) is 2.68. The summed E-state index contributed by atoms with van der Waals surface area (Å²) in [5, 5.41) is 0. The van der Waals surface area contributed by atoms with Crippen LogP contribution >= 0.6 is 0 Å². The molecular formula is C20H20N2O2S. The van der Waals surface area contributed by atoms with E-state index in [0.29, 0.717) is 0 Å². The number of rotatable bonds is 3. The summed E-state index contributed by atoms with van der Waals surface area (Å²) in [7, 11) is 0.713. The molecule has 128 valence electrons. The highest BCUT2D eigenvalue weighted by molar-refractivity contribution is 7.84. The van der Waals surface area contributed by atoms with E-state index in [2.05, 4.69) is 29.7 Å². The van der Waals surface area contributed by atoms with Crippen LogP contribution in [0.5, 0.6) is 5.75 Å². The predicted octanol–water partition coefficient (Wildman–Crippen LogP) is 3.69. The zero-order chi connectivity index (χ0) is 17.6. The molecule has 2 aromatic carbocycles. The fraction of sp³-hybridized carbons (Fsp3) is 0.250. The van der Waals surface area contributed by atoms with Gasteiger partial charge in [0.15, 0.2) is 0 Å². The number of nitrogens with zero attached hydrogens (tertiary/aromatic N) is 2. The Balaban J connectivity index is 1.93. The van der Waals surface area contributed by atoms with E-state index in [1.165, 1.54) is 5.56 Å². The Labute approximate surface area is 149 Å². The van der Waals surface area contributed by atoms with E-state index in [0.717, 1.165) is 51.9 Å². The van der Waals surface area contributed by atoms with Gasteiger partial charge < -0.3 is 4.74 Å². The number of benzene rings is 2. The van der Waals surface area contributed by atoms with Gasteiger partial charge in [0.25, 0.3) is 0 Å². The van der Waals surface area contributed by atoms with Crippen LogP contribution in [0.1, 0.15) is 17.1 Å². The van der Waals surface area contributed by atoms with Crippen LogP contribution in [0.2, 0.25) is 0 Å². The maximum atomic E-state index is 11.8. The molecule has 0 amide bonds. The molecule has 25 heavy (non-hydrogen) atoms. The number of hydrogen-bond acceptors (Lipinski definition) is 3. The SMILES string of the molecule is COc1cccc(-c2c(C)nc3n2-c2ccc(S(C)=O)cc2CC3)c1. The molecule has 0 saturated heterocycles. The predicted molar refractivity (Wildman–Crippen MR) is 100 cm³/mol. The molecule has 1 aliphatic rings. The minimum atomic E-state index is -0.967. The van der Waals surface area contributed by atoms with Gasteiger partial charge in [-0.1, -0.05) is 12.1 Å². The number of imidazole rings is 1. The van der Waals surface area contributed by atoms with Gasteiger partial charge in [-0.25, -0.2) is 4.98 Å². The highest BCUT2D eigenvalue weighted by Gasteiger charge is 2.23. The van der Waals surface area contributed by atoms with Crippen LogP contribution in [0.4, 0.5) is 0 Å². The van der Waals surface area contributed by atoms with Crippen LogP contribution in [0.3, 0.4) is 0 Å². The van der Waals surface area contributed by atoms with E-state index in [1.54, 1.807) is 13.4 Å². The van der Waals surface area contributed by atoms with E-state index in [-0.39, 0.29) is 0 Å². The molecule has 0 fully saturated rings. The second-order valence-corrected chi connectivity index (χ2v) is 7.65. The maximum absolute atomic E-state index is 11.8. The summed E-state index contributed by atoms with van der Waals surface area (Å²) in [5.74, 6) is 1.91. The second kappa shape index (κ2) is 6.15. The average Bonchev–Trinajstić information content (AvgIpc) is 2.97. The van der Waals surface area contributed by atoms with E-state index >= 15 is 0 Å². The largest absolute Gasteiger partial charge is 0.497 e. The Morgan fingerprint density at radius 2 is 2.00 bits per heavy atom. The Hall–Kier alpha value is -2.40. The van der Waals surface area contributed by atoms with Crippen molar-refractivity contribution in [3.8, 4) is 22.7 Å². The van der Waals surface area contributed by atoms with E-state index < -0.39 is 10.8 Å². The topological polar surface area (TPSA) is 44.1 Å². The Kier molecular flexibility index (Phi) is 3.96. The molecular weight excluding hydrogens is 332 g/mol.